The van der Waals surface area contributed by atoms with Crippen LogP contribution in [-0.4, -0.2) is 28.8 Å². The second kappa shape index (κ2) is 3.39. The number of hydrogen-bond donors (Lipinski definition) is 0. The van der Waals surface area contributed by atoms with Crippen LogP contribution in [0, 0.1) is 6.92 Å². The van der Waals surface area contributed by atoms with Crippen molar-refractivity contribution in [3.8, 4) is 0 Å². The summed E-state index contributed by atoms with van der Waals surface area (Å²) in [4.78, 5) is 2.23. The van der Waals surface area contributed by atoms with E-state index in [1.54, 1.807) is 0 Å². The van der Waals surface area contributed by atoms with E-state index in [-0.39, 0.29) is 0 Å². The Labute approximate surface area is 85.7 Å². The van der Waals surface area contributed by atoms with Crippen molar-refractivity contribution >= 4 is 0 Å². The van der Waals surface area contributed by atoms with Crippen molar-refractivity contribution in [2.75, 3.05) is 14.1 Å². The molecular formula is C11H19N3. The van der Waals surface area contributed by atoms with Crippen LogP contribution in [0.2, 0.25) is 0 Å². The Morgan fingerprint density at radius 1 is 1.50 bits per heavy atom. The summed E-state index contributed by atoms with van der Waals surface area (Å²) in [6.07, 6.45) is 2.60. The van der Waals surface area contributed by atoms with Crippen molar-refractivity contribution in [1.29, 1.82) is 0 Å². The third kappa shape index (κ3) is 1.69. The Morgan fingerprint density at radius 2 is 2.14 bits per heavy atom. The minimum absolute atomic E-state index is 0.455. The van der Waals surface area contributed by atoms with E-state index in [1.165, 1.54) is 18.5 Å². The fourth-order valence-electron chi connectivity index (χ4n) is 1.72. The summed E-state index contributed by atoms with van der Waals surface area (Å²) in [5, 5.41) is 4.57. The first-order valence-electron chi connectivity index (χ1n) is 5.32. The molecule has 0 radical (unpaired) electrons. The third-order valence-corrected chi connectivity index (χ3v) is 2.98. The Kier molecular flexibility index (Phi) is 2.35. The summed E-state index contributed by atoms with van der Waals surface area (Å²) >= 11 is 0. The molecule has 0 amide bonds. The summed E-state index contributed by atoms with van der Waals surface area (Å²) in [6, 6.07) is 3.35. The SMILES string of the molecule is Cc1cc(C(C)N(C)C)n(C2CC2)n1. The molecule has 1 aromatic rings. The van der Waals surface area contributed by atoms with E-state index in [2.05, 4.69) is 48.7 Å². The van der Waals surface area contributed by atoms with Crippen LogP contribution >= 0.6 is 0 Å². The first kappa shape index (κ1) is 9.71. The molecule has 78 valence electrons. The Hall–Kier alpha value is -0.830. The minimum Gasteiger partial charge on any atom is -0.301 e. The van der Waals surface area contributed by atoms with Gasteiger partial charge < -0.3 is 4.90 Å². The molecule has 0 N–H and O–H groups in total. The highest BCUT2D eigenvalue weighted by Crippen LogP contribution is 2.37. The van der Waals surface area contributed by atoms with Gasteiger partial charge in [-0.05, 0) is 46.9 Å². The quantitative estimate of drug-likeness (QED) is 0.733. The molecule has 1 aliphatic rings. The molecule has 0 aromatic carbocycles. The molecule has 3 heteroatoms. The average molecular weight is 193 g/mol. The number of nitrogens with zero attached hydrogens (tertiary/aromatic N) is 3. The zero-order valence-electron chi connectivity index (χ0n) is 9.49. The van der Waals surface area contributed by atoms with E-state index in [0.717, 1.165) is 5.69 Å². The van der Waals surface area contributed by atoms with Crippen LogP contribution < -0.4 is 0 Å². The average Bonchev–Trinajstić information content (AvgIpc) is 2.88. The van der Waals surface area contributed by atoms with Crippen LogP contribution in [0.4, 0.5) is 0 Å². The molecule has 1 unspecified atom stereocenters. The van der Waals surface area contributed by atoms with Crippen LogP contribution in [0.3, 0.4) is 0 Å². The van der Waals surface area contributed by atoms with E-state index in [0.29, 0.717) is 12.1 Å². The van der Waals surface area contributed by atoms with Crippen LogP contribution in [0.5, 0.6) is 0 Å². The molecule has 0 saturated heterocycles. The zero-order chi connectivity index (χ0) is 10.3. The number of rotatable bonds is 3. The maximum Gasteiger partial charge on any atom is 0.0597 e. The molecule has 1 aliphatic carbocycles. The van der Waals surface area contributed by atoms with Gasteiger partial charge in [0.1, 0.15) is 0 Å². The number of hydrogen-bond acceptors (Lipinski definition) is 2. The van der Waals surface area contributed by atoms with Gasteiger partial charge in [-0.2, -0.15) is 5.10 Å². The van der Waals surface area contributed by atoms with Crippen molar-refractivity contribution in [2.45, 2.75) is 38.8 Å². The Morgan fingerprint density at radius 3 is 2.64 bits per heavy atom. The van der Waals surface area contributed by atoms with Crippen molar-refractivity contribution in [3.05, 3.63) is 17.5 Å². The van der Waals surface area contributed by atoms with E-state index < -0.39 is 0 Å². The molecule has 0 spiro atoms. The normalized spacial score (nSPS) is 18.9. The summed E-state index contributed by atoms with van der Waals surface area (Å²) in [5.74, 6) is 0. The zero-order valence-corrected chi connectivity index (χ0v) is 9.49. The van der Waals surface area contributed by atoms with Crippen LogP contribution in [0.25, 0.3) is 0 Å². The largest absolute Gasteiger partial charge is 0.301 e. The molecule has 0 aliphatic heterocycles. The standard InChI is InChI=1S/C11H19N3/c1-8-7-11(9(2)13(3)4)14(12-8)10-5-6-10/h7,9-10H,5-6H2,1-4H3. The summed E-state index contributed by atoms with van der Waals surface area (Å²) in [7, 11) is 4.23. The fourth-order valence-corrected chi connectivity index (χ4v) is 1.72. The van der Waals surface area contributed by atoms with Crippen LogP contribution in [-0.2, 0) is 0 Å². The first-order chi connectivity index (χ1) is 6.59. The van der Waals surface area contributed by atoms with E-state index in [4.69, 9.17) is 0 Å². The van der Waals surface area contributed by atoms with Gasteiger partial charge in [0.05, 0.1) is 17.4 Å². The van der Waals surface area contributed by atoms with Gasteiger partial charge in [0, 0.05) is 6.04 Å². The highest BCUT2D eigenvalue weighted by atomic mass is 15.3. The lowest BCUT2D eigenvalue weighted by atomic mass is 10.2. The van der Waals surface area contributed by atoms with Gasteiger partial charge in [-0.15, -0.1) is 0 Å². The lowest BCUT2D eigenvalue weighted by Crippen LogP contribution is -2.20. The maximum absolute atomic E-state index is 4.57. The number of aromatic nitrogens is 2. The topological polar surface area (TPSA) is 21.1 Å². The Balaban J connectivity index is 2.30. The lowest BCUT2D eigenvalue weighted by Gasteiger charge is -2.20. The van der Waals surface area contributed by atoms with Gasteiger partial charge in [0.15, 0.2) is 0 Å². The maximum atomic E-state index is 4.57. The minimum atomic E-state index is 0.455. The molecule has 3 nitrogen and oxygen atoms in total. The van der Waals surface area contributed by atoms with E-state index in [1.807, 2.05) is 0 Å². The summed E-state index contributed by atoms with van der Waals surface area (Å²) in [5.41, 5.74) is 2.50. The van der Waals surface area contributed by atoms with E-state index >= 15 is 0 Å². The van der Waals surface area contributed by atoms with Crippen molar-refractivity contribution in [1.82, 2.24) is 14.7 Å². The fraction of sp³-hybridized carbons (Fsp3) is 0.727. The molecule has 1 heterocycles. The molecule has 14 heavy (non-hydrogen) atoms. The van der Waals surface area contributed by atoms with Crippen LogP contribution in [0.1, 0.15) is 43.2 Å². The highest BCUT2D eigenvalue weighted by Gasteiger charge is 2.28. The second-order valence-corrected chi connectivity index (χ2v) is 4.53. The Bertz CT molecular complexity index is 323. The molecular weight excluding hydrogens is 174 g/mol. The van der Waals surface area contributed by atoms with Crippen molar-refractivity contribution < 1.29 is 0 Å². The summed E-state index contributed by atoms with van der Waals surface area (Å²) in [6.45, 7) is 4.31. The predicted molar refractivity (Wildman–Crippen MR) is 57.3 cm³/mol. The van der Waals surface area contributed by atoms with Gasteiger partial charge in [-0.1, -0.05) is 0 Å². The highest BCUT2D eigenvalue weighted by molar-refractivity contribution is 5.14. The van der Waals surface area contributed by atoms with Gasteiger partial charge in [-0.25, -0.2) is 0 Å². The van der Waals surface area contributed by atoms with Gasteiger partial charge >= 0.3 is 0 Å². The van der Waals surface area contributed by atoms with Gasteiger partial charge in [0.2, 0.25) is 0 Å². The number of aryl methyl sites for hydroxylation is 1. The third-order valence-electron chi connectivity index (χ3n) is 2.98. The molecule has 1 fully saturated rings. The van der Waals surface area contributed by atoms with Crippen LogP contribution in [0.15, 0.2) is 6.07 Å². The van der Waals surface area contributed by atoms with Crippen molar-refractivity contribution in [2.24, 2.45) is 0 Å². The smallest absolute Gasteiger partial charge is 0.0597 e. The second-order valence-electron chi connectivity index (χ2n) is 4.53. The van der Waals surface area contributed by atoms with Crippen molar-refractivity contribution in [3.63, 3.8) is 0 Å². The summed E-state index contributed by atoms with van der Waals surface area (Å²) < 4.78 is 2.22. The molecule has 1 saturated carbocycles. The van der Waals surface area contributed by atoms with Gasteiger partial charge in [0.25, 0.3) is 0 Å². The van der Waals surface area contributed by atoms with E-state index in [9.17, 15) is 0 Å². The molecule has 0 bridgehead atoms. The predicted octanol–water partition coefficient (Wildman–Crippen LogP) is 2.15. The monoisotopic (exact) mass is 193 g/mol. The molecule has 2 rings (SSSR count). The lowest BCUT2D eigenvalue weighted by molar-refractivity contribution is 0.303. The molecule has 1 atom stereocenters. The first-order valence-corrected chi connectivity index (χ1v) is 5.32. The van der Waals surface area contributed by atoms with Gasteiger partial charge in [-0.3, -0.25) is 4.68 Å². The molecule has 1 aromatic heterocycles.